The van der Waals surface area contributed by atoms with Crippen LogP contribution in [0.1, 0.15) is 15.9 Å². The number of hydrogen-bond donors (Lipinski definition) is 3. The van der Waals surface area contributed by atoms with Crippen molar-refractivity contribution >= 4 is 17.3 Å². The molecule has 1 fully saturated rings. The summed E-state index contributed by atoms with van der Waals surface area (Å²) in [5.41, 5.74) is -1.20. The predicted molar refractivity (Wildman–Crippen MR) is 126 cm³/mol. The van der Waals surface area contributed by atoms with E-state index in [9.17, 15) is 23.1 Å². The first-order valence-corrected chi connectivity index (χ1v) is 11.2. The van der Waals surface area contributed by atoms with E-state index in [-0.39, 0.29) is 30.9 Å². The van der Waals surface area contributed by atoms with E-state index in [1.165, 1.54) is 17.0 Å². The average molecular weight is 486 g/mol. The summed E-state index contributed by atoms with van der Waals surface area (Å²) in [6.45, 7) is 2.84. The molecule has 1 aliphatic heterocycles. The second kappa shape index (κ2) is 10.4. The fourth-order valence-electron chi connectivity index (χ4n) is 3.88. The topological polar surface area (TPSA) is 73.8 Å². The Kier molecular flexibility index (Phi) is 7.28. The van der Waals surface area contributed by atoms with Gasteiger partial charge in [-0.1, -0.05) is 24.3 Å². The number of anilines is 2. The van der Waals surface area contributed by atoms with Crippen molar-refractivity contribution in [3.8, 4) is 5.75 Å². The first kappa shape index (κ1) is 24.6. The van der Waals surface area contributed by atoms with Gasteiger partial charge < -0.3 is 25.4 Å². The van der Waals surface area contributed by atoms with Crippen LogP contribution in [0.15, 0.2) is 60.7 Å². The van der Waals surface area contributed by atoms with E-state index in [2.05, 4.69) is 10.6 Å². The van der Waals surface area contributed by atoms with E-state index >= 15 is 0 Å². The van der Waals surface area contributed by atoms with Crippen LogP contribution in [-0.4, -0.2) is 54.3 Å². The van der Waals surface area contributed by atoms with Crippen molar-refractivity contribution in [2.75, 3.05) is 38.1 Å². The van der Waals surface area contributed by atoms with Gasteiger partial charge in [0.05, 0.1) is 30.0 Å². The van der Waals surface area contributed by atoms with Crippen LogP contribution in [0.4, 0.5) is 24.5 Å². The summed E-state index contributed by atoms with van der Waals surface area (Å²) in [5, 5.41) is 16.3. The number of hydrogen-bond acceptors (Lipinski definition) is 5. The molecule has 3 aromatic rings. The van der Waals surface area contributed by atoms with Crippen LogP contribution in [0.5, 0.6) is 5.75 Å². The molecule has 1 heterocycles. The highest BCUT2D eigenvalue weighted by Crippen LogP contribution is 2.31. The lowest BCUT2D eigenvalue weighted by Gasteiger charge is -2.46. The van der Waals surface area contributed by atoms with Gasteiger partial charge in [0.15, 0.2) is 11.6 Å². The molecule has 0 spiro atoms. The lowest BCUT2D eigenvalue weighted by molar-refractivity contribution is -0.0786. The Balaban J connectivity index is 1.35. The minimum atomic E-state index is -1.29. The predicted octanol–water partition coefficient (Wildman–Crippen LogP) is 4.01. The van der Waals surface area contributed by atoms with E-state index in [4.69, 9.17) is 4.74 Å². The second-order valence-electron chi connectivity index (χ2n) is 8.62. The number of aryl methyl sites for hydroxylation is 1. The fraction of sp³-hybridized carbons (Fsp3) is 0.269. The number of nitrogens with zero attached hydrogens (tertiary/aromatic N) is 1. The van der Waals surface area contributed by atoms with Crippen molar-refractivity contribution in [3.63, 3.8) is 0 Å². The summed E-state index contributed by atoms with van der Waals surface area (Å²) in [4.78, 5) is 14.3. The van der Waals surface area contributed by atoms with Crippen molar-refractivity contribution in [3.05, 3.63) is 89.2 Å². The average Bonchev–Trinajstić information content (AvgIpc) is 2.82. The molecule has 0 atom stereocenters. The van der Waals surface area contributed by atoms with Gasteiger partial charge in [0, 0.05) is 13.1 Å². The summed E-state index contributed by atoms with van der Waals surface area (Å²) >= 11 is 0. The van der Waals surface area contributed by atoms with Crippen molar-refractivity contribution in [1.29, 1.82) is 0 Å². The van der Waals surface area contributed by atoms with Crippen molar-refractivity contribution < 1.29 is 27.8 Å². The molecule has 1 amide bonds. The fourth-order valence-corrected chi connectivity index (χ4v) is 3.88. The van der Waals surface area contributed by atoms with Gasteiger partial charge in [-0.05, 0) is 48.9 Å². The van der Waals surface area contributed by atoms with Crippen molar-refractivity contribution in [2.45, 2.75) is 12.5 Å². The Bertz CT molecular complexity index is 1200. The summed E-state index contributed by atoms with van der Waals surface area (Å²) in [6.07, 6.45) is 0. The number of β-amino-alcohol motifs (C(OH)–C–C–N with tert-alkyl or cyclic N) is 1. The summed E-state index contributed by atoms with van der Waals surface area (Å²) in [7, 11) is 0. The number of halogens is 3. The van der Waals surface area contributed by atoms with Gasteiger partial charge >= 0.3 is 0 Å². The third-order valence-electron chi connectivity index (χ3n) is 5.71. The SMILES string of the molecule is Cc1ccc(Nc2c(C(=O)N3CC(O)(CNCCOc4ccccc4)C3)ccc(F)c2F)c(F)c1. The van der Waals surface area contributed by atoms with Crippen LogP contribution in [0.25, 0.3) is 0 Å². The molecule has 0 aliphatic carbocycles. The first-order chi connectivity index (χ1) is 16.8. The molecule has 35 heavy (non-hydrogen) atoms. The van der Waals surface area contributed by atoms with E-state index in [0.717, 1.165) is 17.9 Å². The Labute approximate surface area is 201 Å². The van der Waals surface area contributed by atoms with Crippen LogP contribution >= 0.6 is 0 Å². The number of likely N-dealkylation sites (tertiary alicyclic amines) is 1. The molecule has 3 aromatic carbocycles. The number of carbonyl (C=O) groups is 1. The molecule has 9 heteroatoms. The maximum atomic E-state index is 14.6. The number of aliphatic hydroxyl groups is 1. The normalized spacial score (nSPS) is 14.4. The van der Waals surface area contributed by atoms with Crippen molar-refractivity contribution in [1.82, 2.24) is 10.2 Å². The van der Waals surface area contributed by atoms with E-state index in [0.29, 0.717) is 18.7 Å². The minimum Gasteiger partial charge on any atom is -0.492 e. The molecule has 0 aromatic heterocycles. The van der Waals surface area contributed by atoms with Gasteiger partial charge in [0.25, 0.3) is 5.91 Å². The molecule has 184 valence electrons. The molecule has 0 saturated carbocycles. The maximum Gasteiger partial charge on any atom is 0.256 e. The highest BCUT2D eigenvalue weighted by atomic mass is 19.2. The number of rotatable bonds is 9. The van der Waals surface area contributed by atoms with Crippen LogP contribution in [0.3, 0.4) is 0 Å². The van der Waals surface area contributed by atoms with Crippen LogP contribution < -0.4 is 15.4 Å². The van der Waals surface area contributed by atoms with E-state index in [1.54, 1.807) is 13.0 Å². The molecule has 0 unspecified atom stereocenters. The smallest absolute Gasteiger partial charge is 0.256 e. The Hall–Kier alpha value is -3.56. The van der Waals surface area contributed by atoms with Gasteiger partial charge in [-0.15, -0.1) is 0 Å². The van der Waals surface area contributed by atoms with Crippen molar-refractivity contribution in [2.24, 2.45) is 0 Å². The Morgan fingerprint density at radius 2 is 1.80 bits per heavy atom. The Morgan fingerprint density at radius 1 is 1.06 bits per heavy atom. The zero-order chi connectivity index (χ0) is 25.0. The molecule has 6 nitrogen and oxygen atoms in total. The number of benzene rings is 3. The molecule has 1 saturated heterocycles. The standard InChI is InChI=1S/C26H26F3N3O3/c1-17-7-10-22(21(28)13-17)31-24-19(8-9-20(27)23(24)29)25(33)32-15-26(34,16-32)14-30-11-12-35-18-5-3-2-4-6-18/h2-10,13,30-31,34H,11-12,14-16H2,1H3. The molecule has 3 N–H and O–H groups in total. The largest absolute Gasteiger partial charge is 0.492 e. The van der Waals surface area contributed by atoms with E-state index < -0.39 is 34.6 Å². The molecule has 0 radical (unpaired) electrons. The molecule has 4 rings (SSSR count). The monoisotopic (exact) mass is 485 g/mol. The second-order valence-corrected chi connectivity index (χ2v) is 8.62. The summed E-state index contributed by atoms with van der Waals surface area (Å²) in [5.74, 6) is -2.97. The third-order valence-corrected chi connectivity index (χ3v) is 5.71. The van der Waals surface area contributed by atoms with Crippen LogP contribution in [-0.2, 0) is 0 Å². The van der Waals surface area contributed by atoms with E-state index in [1.807, 2.05) is 30.3 Å². The number of ether oxygens (including phenoxy) is 1. The molecular formula is C26H26F3N3O3. The maximum absolute atomic E-state index is 14.6. The molecular weight excluding hydrogens is 459 g/mol. The molecule has 1 aliphatic rings. The first-order valence-electron chi connectivity index (χ1n) is 11.2. The zero-order valence-electron chi connectivity index (χ0n) is 19.2. The number of para-hydroxylation sites is 1. The van der Waals surface area contributed by atoms with Crippen LogP contribution in [0.2, 0.25) is 0 Å². The minimum absolute atomic E-state index is 0.00963. The Morgan fingerprint density at radius 3 is 2.51 bits per heavy atom. The number of amides is 1. The number of nitrogens with one attached hydrogen (secondary N) is 2. The lowest BCUT2D eigenvalue weighted by Crippen LogP contribution is -2.67. The highest BCUT2D eigenvalue weighted by molar-refractivity contribution is 6.01. The lowest BCUT2D eigenvalue weighted by atomic mass is 9.92. The van der Waals surface area contributed by atoms with Gasteiger partial charge in [-0.2, -0.15) is 0 Å². The summed E-state index contributed by atoms with van der Waals surface area (Å²) < 4.78 is 48.4. The highest BCUT2D eigenvalue weighted by Gasteiger charge is 2.44. The quantitative estimate of drug-likeness (QED) is 0.400. The summed E-state index contributed by atoms with van der Waals surface area (Å²) in [6, 6.07) is 15.6. The van der Waals surface area contributed by atoms with Gasteiger partial charge in [-0.3, -0.25) is 4.79 Å². The zero-order valence-corrected chi connectivity index (χ0v) is 19.2. The van der Waals surface area contributed by atoms with Crippen LogP contribution in [0, 0.1) is 24.4 Å². The van der Waals surface area contributed by atoms with Gasteiger partial charge in [-0.25, -0.2) is 13.2 Å². The molecule has 0 bridgehead atoms. The third kappa shape index (κ3) is 5.75. The van der Waals surface area contributed by atoms with Gasteiger partial charge in [0.1, 0.15) is 23.8 Å². The number of carbonyl (C=O) groups excluding carboxylic acids is 1. The van der Waals surface area contributed by atoms with Gasteiger partial charge in [0.2, 0.25) is 0 Å².